The Labute approximate surface area is 197 Å². The summed E-state index contributed by atoms with van der Waals surface area (Å²) in [7, 11) is 0. The van der Waals surface area contributed by atoms with E-state index in [0.717, 1.165) is 42.9 Å². The van der Waals surface area contributed by atoms with Crippen LogP contribution in [0.25, 0.3) is 6.08 Å². The lowest BCUT2D eigenvalue weighted by molar-refractivity contribution is 0.272. The van der Waals surface area contributed by atoms with Gasteiger partial charge in [-0.3, -0.25) is 0 Å². The number of hydrogen-bond acceptors (Lipinski definition) is 2. The summed E-state index contributed by atoms with van der Waals surface area (Å²) in [4.78, 5) is 2.39. The van der Waals surface area contributed by atoms with Crippen LogP contribution in [0.15, 0.2) is 55.4 Å². The Morgan fingerprint density at radius 3 is 2.66 bits per heavy atom. The Morgan fingerprint density at radius 1 is 1.28 bits per heavy atom. The Bertz CT molecular complexity index is 817. The zero-order valence-electron chi connectivity index (χ0n) is 20.8. The summed E-state index contributed by atoms with van der Waals surface area (Å²) in [5, 5.41) is 0. The van der Waals surface area contributed by atoms with E-state index in [0.29, 0.717) is 12.5 Å². The van der Waals surface area contributed by atoms with Crippen LogP contribution in [0.5, 0.6) is 5.75 Å². The van der Waals surface area contributed by atoms with Gasteiger partial charge in [-0.15, -0.1) is 5.73 Å². The molecule has 0 spiro atoms. The van der Waals surface area contributed by atoms with E-state index in [1.165, 1.54) is 24.8 Å². The molecule has 0 saturated carbocycles. The van der Waals surface area contributed by atoms with Crippen LogP contribution in [0.4, 0.5) is 0 Å². The van der Waals surface area contributed by atoms with Gasteiger partial charge in [0.05, 0.1) is 11.6 Å². The molecule has 0 heterocycles. The monoisotopic (exact) mass is 432 g/mol. The second kappa shape index (κ2) is 16.1. The fraction of sp³-hybridized carbons (Fsp3) is 0.467. The van der Waals surface area contributed by atoms with Crippen molar-refractivity contribution < 1.29 is 4.74 Å². The normalized spacial score (nSPS) is 15.0. The Morgan fingerprint density at radius 2 is 2.03 bits per heavy atom. The summed E-state index contributed by atoms with van der Waals surface area (Å²) in [5.41, 5.74) is 6.53. The van der Waals surface area contributed by atoms with Gasteiger partial charge in [0, 0.05) is 25.1 Å². The zero-order chi connectivity index (χ0) is 23.8. The van der Waals surface area contributed by atoms with Gasteiger partial charge in [0.1, 0.15) is 12.4 Å². The van der Waals surface area contributed by atoms with Crippen LogP contribution in [0.3, 0.4) is 0 Å². The van der Waals surface area contributed by atoms with E-state index in [-0.39, 0.29) is 5.92 Å². The maximum absolute atomic E-state index is 5.84. The van der Waals surface area contributed by atoms with Crippen molar-refractivity contribution in [2.45, 2.75) is 66.3 Å². The first kappa shape index (κ1) is 27.4. The minimum absolute atomic E-state index is 0.187. The van der Waals surface area contributed by atoms with Crippen molar-refractivity contribution in [3.05, 3.63) is 73.0 Å². The number of allylic oxidation sites excluding steroid dienone is 1. The molecule has 173 valence electrons. The molecule has 1 radical (unpaired) electrons. The molecule has 0 saturated heterocycles. The molecule has 1 aliphatic rings. The van der Waals surface area contributed by atoms with Gasteiger partial charge in [0.2, 0.25) is 0 Å². The van der Waals surface area contributed by atoms with E-state index in [9.17, 15) is 0 Å². The van der Waals surface area contributed by atoms with E-state index < -0.39 is 0 Å². The van der Waals surface area contributed by atoms with E-state index in [1.807, 2.05) is 6.08 Å². The predicted molar refractivity (Wildman–Crippen MR) is 140 cm³/mol. The van der Waals surface area contributed by atoms with Crippen molar-refractivity contribution in [1.29, 1.82) is 0 Å². The van der Waals surface area contributed by atoms with Crippen LogP contribution in [-0.2, 0) is 6.54 Å². The van der Waals surface area contributed by atoms with Crippen molar-refractivity contribution in [3.8, 4) is 17.6 Å². The molecule has 2 heteroatoms. The van der Waals surface area contributed by atoms with Gasteiger partial charge in [-0.2, -0.15) is 0 Å². The zero-order valence-corrected chi connectivity index (χ0v) is 20.8. The lowest BCUT2D eigenvalue weighted by Crippen LogP contribution is -2.30. The fourth-order valence-corrected chi connectivity index (χ4v) is 3.59. The summed E-state index contributed by atoms with van der Waals surface area (Å²) in [6.07, 6.45) is 11.5. The third-order valence-electron chi connectivity index (χ3n) is 4.92. The highest BCUT2D eigenvalue weighted by molar-refractivity contribution is 5.56. The average Bonchev–Trinajstić information content (AvgIpc) is 2.74. The molecule has 0 amide bonds. The molecule has 1 atom stereocenters. The highest BCUT2D eigenvalue weighted by Crippen LogP contribution is 2.27. The summed E-state index contributed by atoms with van der Waals surface area (Å²) >= 11 is 0. The third kappa shape index (κ3) is 9.67. The predicted octanol–water partition coefficient (Wildman–Crippen LogP) is 7.84. The van der Waals surface area contributed by atoms with Crippen molar-refractivity contribution in [2.75, 3.05) is 13.2 Å². The summed E-state index contributed by atoms with van der Waals surface area (Å²) in [6, 6.07) is 6.31. The molecular weight excluding hydrogens is 390 g/mol. The largest absolute Gasteiger partial charge is 0.489 e. The minimum atomic E-state index is 0.187. The smallest absolute Gasteiger partial charge is 0.127 e. The number of nitrogens with zero attached hydrogens (tertiary/aromatic N) is 1. The van der Waals surface area contributed by atoms with Crippen molar-refractivity contribution in [2.24, 2.45) is 11.8 Å². The maximum Gasteiger partial charge on any atom is 0.127 e. The molecular formula is C30H42NO. The van der Waals surface area contributed by atoms with Gasteiger partial charge in [-0.05, 0) is 30.4 Å². The fourth-order valence-electron chi connectivity index (χ4n) is 3.59. The Kier molecular flexibility index (Phi) is 13.8. The lowest BCUT2D eigenvalue weighted by atomic mass is 9.94. The molecule has 2 rings (SSSR count). The van der Waals surface area contributed by atoms with Gasteiger partial charge in [0.15, 0.2) is 0 Å². The minimum Gasteiger partial charge on any atom is -0.489 e. The van der Waals surface area contributed by atoms with E-state index in [2.05, 4.69) is 94.5 Å². The molecule has 0 aliphatic heterocycles. The summed E-state index contributed by atoms with van der Waals surface area (Å²) in [6.45, 7) is 22.6. The first-order valence-electron chi connectivity index (χ1n) is 12.0. The molecule has 0 unspecified atom stereocenters. The van der Waals surface area contributed by atoms with E-state index in [1.54, 1.807) is 6.08 Å². The average molecular weight is 433 g/mol. The number of benzene rings is 1. The van der Waals surface area contributed by atoms with Gasteiger partial charge in [0.25, 0.3) is 0 Å². The van der Waals surface area contributed by atoms with Crippen LogP contribution in [0, 0.1) is 30.1 Å². The standard InChI is InChI=1S/C27H34NO.C3H8/c1-6-18-29-27-19-23(16-17-24(27)7-2)21-28(20-22(4)5)26(8-3)25-14-12-10-9-11-13-15-25;1-3-2/h6-7,10,16-17,19,22,25H,1-3,9,11,13,15,18,20-21H2,4-5H3;3H2,1-2H3/t25-;/m1./s1. The van der Waals surface area contributed by atoms with E-state index in [4.69, 9.17) is 4.74 Å². The van der Waals surface area contributed by atoms with Crippen LogP contribution in [0.2, 0.25) is 0 Å². The third-order valence-corrected chi connectivity index (χ3v) is 4.92. The summed E-state index contributed by atoms with van der Waals surface area (Å²) in [5.74, 6) is 8.22. The van der Waals surface area contributed by atoms with Gasteiger partial charge < -0.3 is 9.64 Å². The Balaban J connectivity index is 0.00000161. The highest BCUT2D eigenvalue weighted by Gasteiger charge is 2.20. The van der Waals surface area contributed by atoms with Crippen molar-refractivity contribution in [1.82, 2.24) is 4.90 Å². The maximum atomic E-state index is 5.84. The van der Waals surface area contributed by atoms with Gasteiger partial charge in [-0.1, -0.05) is 103 Å². The first-order chi connectivity index (χ1) is 15.5. The molecule has 0 aromatic heterocycles. The topological polar surface area (TPSA) is 12.5 Å². The molecule has 2 nitrogen and oxygen atoms in total. The Hall–Kier alpha value is -2.62. The van der Waals surface area contributed by atoms with Crippen LogP contribution in [-0.4, -0.2) is 18.1 Å². The molecule has 1 aromatic carbocycles. The molecule has 1 aliphatic carbocycles. The van der Waals surface area contributed by atoms with Crippen molar-refractivity contribution >= 4 is 6.08 Å². The quantitative estimate of drug-likeness (QED) is 0.212. The molecule has 0 fully saturated rings. The van der Waals surface area contributed by atoms with E-state index >= 15 is 0 Å². The summed E-state index contributed by atoms with van der Waals surface area (Å²) < 4.78 is 5.84. The lowest BCUT2D eigenvalue weighted by Gasteiger charge is -2.31. The number of ether oxygens (including phenoxy) is 1. The molecule has 0 N–H and O–H groups in total. The van der Waals surface area contributed by atoms with Gasteiger partial charge in [-0.25, -0.2) is 0 Å². The SMILES string of the molecule is C=C=C([C@@H]1C#C[CH]CCCC1)N(Cc1ccc(C=C)c(OCC=C)c1)CC(C)C.CCC. The molecule has 1 aromatic rings. The van der Waals surface area contributed by atoms with Crippen LogP contribution < -0.4 is 4.74 Å². The number of hydrogen-bond donors (Lipinski definition) is 0. The molecule has 32 heavy (non-hydrogen) atoms. The number of rotatable bonds is 10. The molecule has 0 bridgehead atoms. The van der Waals surface area contributed by atoms with Crippen LogP contribution in [0.1, 0.15) is 70.9 Å². The first-order valence-corrected chi connectivity index (χ1v) is 12.0. The van der Waals surface area contributed by atoms with Crippen LogP contribution >= 0.6 is 0 Å². The second-order valence-electron chi connectivity index (χ2n) is 8.55. The second-order valence-corrected chi connectivity index (χ2v) is 8.55. The van der Waals surface area contributed by atoms with Gasteiger partial charge >= 0.3 is 0 Å². The van der Waals surface area contributed by atoms with Crippen molar-refractivity contribution in [3.63, 3.8) is 0 Å². The highest BCUT2D eigenvalue weighted by atomic mass is 16.5.